The minimum Gasteiger partial charge on any atom is -0.464 e. The molecule has 0 atom stereocenters. The van der Waals surface area contributed by atoms with Crippen LogP contribution in [0.1, 0.15) is 6.92 Å². The smallest absolute Gasteiger partial charge is 0.339 e. The van der Waals surface area contributed by atoms with Crippen molar-refractivity contribution in [2.45, 2.75) is 17.2 Å². The van der Waals surface area contributed by atoms with Crippen molar-refractivity contribution in [2.75, 3.05) is 12.3 Å². The summed E-state index contributed by atoms with van der Waals surface area (Å²) in [6.45, 7) is 2.16. The predicted octanol–water partition coefficient (Wildman–Crippen LogP) is -1.21. The van der Waals surface area contributed by atoms with Gasteiger partial charge in [-0.2, -0.15) is 19.9 Å². The average molecular weight is 297 g/mol. The van der Waals surface area contributed by atoms with Crippen molar-refractivity contribution in [1.82, 2.24) is 29.7 Å². The first-order valence-electron chi connectivity index (χ1n) is 5.49. The van der Waals surface area contributed by atoms with Gasteiger partial charge in [-0.25, -0.2) is 0 Å². The highest BCUT2D eigenvalue weighted by molar-refractivity contribution is 7.99. The van der Waals surface area contributed by atoms with Gasteiger partial charge >= 0.3 is 17.1 Å². The van der Waals surface area contributed by atoms with Gasteiger partial charge < -0.3 is 10.5 Å². The standard InChI is InChI=1S/C9H11N7O3S/c1-3-19-7-12-6(10)13-8(14-7)20-9-11-4(17)5(18)15-16(9)2/h3H2,1-2H3,(H,15,18)(H2,10,12,13,14). The number of ether oxygens (including phenoxy) is 1. The third-order valence-corrected chi connectivity index (χ3v) is 2.93. The molecule has 0 aliphatic carbocycles. The van der Waals surface area contributed by atoms with Gasteiger partial charge in [0.25, 0.3) is 0 Å². The van der Waals surface area contributed by atoms with Gasteiger partial charge in [-0.05, 0) is 18.7 Å². The summed E-state index contributed by atoms with van der Waals surface area (Å²) < 4.78 is 6.42. The maximum atomic E-state index is 11.2. The zero-order valence-corrected chi connectivity index (χ0v) is 11.5. The van der Waals surface area contributed by atoms with Crippen LogP contribution in [0.2, 0.25) is 0 Å². The Balaban J connectivity index is 2.37. The molecule has 2 heterocycles. The van der Waals surface area contributed by atoms with Crippen molar-refractivity contribution in [3.63, 3.8) is 0 Å². The Morgan fingerprint density at radius 2 is 2.05 bits per heavy atom. The van der Waals surface area contributed by atoms with E-state index in [4.69, 9.17) is 10.5 Å². The summed E-state index contributed by atoms with van der Waals surface area (Å²) in [6.07, 6.45) is 0. The van der Waals surface area contributed by atoms with E-state index in [0.29, 0.717) is 6.61 Å². The normalized spacial score (nSPS) is 10.5. The molecule has 106 valence electrons. The van der Waals surface area contributed by atoms with Gasteiger partial charge in [0.1, 0.15) is 0 Å². The number of H-pyrrole nitrogens is 1. The maximum Gasteiger partial charge on any atom is 0.339 e. The number of nitrogen functional groups attached to an aromatic ring is 1. The molecule has 0 aromatic carbocycles. The Kier molecular flexibility index (Phi) is 3.98. The summed E-state index contributed by atoms with van der Waals surface area (Å²) in [4.78, 5) is 37.6. The summed E-state index contributed by atoms with van der Waals surface area (Å²) >= 11 is 0.951. The second-order valence-electron chi connectivity index (χ2n) is 3.49. The van der Waals surface area contributed by atoms with Crippen LogP contribution in [0.15, 0.2) is 19.9 Å². The molecule has 0 aliphatic heterocycles. The highest BCUT2D eigenvalue weighted by Gasteiger charge is 2.11. The topological polar surface area (TPSA) is 142 Å². The van der Waals surface area contributed by atoms with E-state index in [0.717, 1.165) is 11.8 Å². The van der Waals surface area contributed by atoms with Crippen molar-refractivity contribution < 1.29 is 4.74 Å². The molecule has 0 fully saturated rings. The number of rotatable bonds is 4. The number of hydrogen-bond acceptors (Lipinski definition) is 9. The molecule has 0 spiro atoms. The van der Waals surface area contributed by atoms with Crippen LogP contribution in [0, 0.1) is 0 Å². The Morgan fingerprint density at radius 1 is 1.30 bits per heavy atom. The molecular formula is C9H11N7O3S. The fourth-order valence-electron chi connectivity index (χ4n) is 1.23. The highest BCUT2D eigenvalue weighted by Crippen LogP contribution is 2.22. The summed E-state index contributed by atoms with van der Waals surface area (Å²) in [5.41, 5.74) is 3.84. The minimum absolute atomic E-state index is 0.0135. The van der Waals surface area contributed by atoms with E-state index in [-0.39, 0.29) is 22.3 Å². The van der Waals surface area contributed by atoms with E-state index in [1.807, 2.05) is 0 Å². The number of aromatic nitrogens is 6. The lowest BCUT2D eigenvalue weighted by Crippen LogP contribution is -2.33. The van der Waals surface area contributed by atoms with Gasteiger partial charge in [-0.15, -0.1) is 0 Å². The molecule has 0 amide bonds. The molecule has 0 saturated heterocycles. The molecule has 10 nitrogen and oxygen atoms in total. The average Bonchev–Trinajstić information content (AvgIpc) is 2.35. The fourth-order valence-corrected chi connectivity index (χ4v) is 1.96. The molecule has 2 aromatic heterocycles. The molecule has 0 aliphatic rings. The van der Waals surface area contributed by atoms with Crippen molar-refractivity contribution in [2.24, 2.45) is 7.05 Å². The van der Waals surface area contributed by atoms with Gasteiger partial charge in [-0.3, -0.25) is 19.4 Å². The highest BCUT2D eigenvalue weighted by atomic mass is 32.2. The number of nitrogens with one attached hydrogen (secondary N) is 1. The van der Waals surface area contributed by atoms with Crippen LogP contribution in [-0.4, -0.2) is 36.3 Å². The van der Waals surface area contributed by atoms with Crippen molar-refractivity contribution in [3.05, 3.63) is 20.7 Å². The van der Waals surface area contributed by atoms with Crippen molar-refractivity contribution in [3.8, 4) is 6.01 Å². The number of anilines is 1. The Hall–Kier alpha value is -2.43. The van der Waals surface area contributed by atoms with E-state index in [1.165, 1.54) is 11.7 Å². The van der Waals surface area contributed by atoms with E-state index in [9.17, 15) is 9.59 Å². The molecule has 20 heavy (non-hydrogen) atoms. The predicted molar refractivity (Wildman–Crippen MR) is 69.6 cm³/mol. The number of aryl methyl sites for hydroxylation is 1. The molecule has 2 rings (SSSR count). The second-order valence-corrected chi connectivity index (χ2v) is 4.43. The Labute approximate surface area is 116 Å². The minimum atomic E-state index is -0.891. The number of aromatic amines is 1. The molecule has 2 aromatic rings. The van der Waals surface area contributed by atoms with Crippen LogP contribution in [-0.2, 0) is 7.05 Å². The van der Waals surface area contributed by atoms with Gasteiger partial charge in [0.15, 0.2) is 5.16 Å². The van der Waals surface area contributed by atoms with Crippen LogP contribution >= 0.6 is 11.8 Å². The van der Waals surface area contributed by atoms with Gasteiger partial charge in [0.2, 0.25) is 11.1 Å². The lowest BCUT2D eigenvalue weighted by molar-refractivity contribution is 0.308. The third-order valence-electron chi connectivity index (χ3n) is 2.02. The van der Waals surface area contributed by atoms with Gasteiger partial charge in [0, 0.05) is 7.05 Å². The second kappa shape index (κ2) is 5.69. The molecular weight excluding hydrogens is 286 g/mol. The SMILES string of the molecule is CCOc1nc(N)nc(Sc2nc(=O)c(=O)[nH]n2C)n1. The van der Waals surface area contributed by atoms with Crippen LogP contribution in [0.3, 0.4) is 0 Å². The van der Waals surface area contributed by atoms with Crippen LogP contribution in [0.25, 0.3) is 0 Å². The fraction of sp³-hybridized carbons (Fsp3) is 0.333. The zero-order valence-electron chi connectivity index (χ0n) is 10.7. The first-order chi connectivity index (χ1) is 9.49. The first-order valence-corrected chi connectivity index (χ1v) is 6.30. The summed E-state index contributed by atoms with van der Waals surface area (Å²) in [5.74, 6) is -0.0135. The van der Waals surface area contributed by atoms with Crippen molar-refractivity contribution >= 4 is 17.7 Å². The lowest BCUT2D eigenvalue weighted by atomic mass is 10.8. The Bertz CT molecular complexity index is 741. The Morgan fingerprint density at radius 3 is 2.75 bits per heavy atom. The molecule has 3 N–H and O–H groups in total. The summed E-state index contributed by atoms with van der Waals surface area (Å²) in [7, 11) is 1.53. The molecule has 11 heteroatoms. The molecule has 0 bridgehead atoms. The van der Waals surface area contributed by atoms with Crippen LogP contribution in [0.4, 0.5) is 5.95 Å². The third kappa shape index (κ3) is 3.12. The first kappa shape index (κ1) is 14.0. The zero-order chi connectivity index (χ0) is 14.7. The van der Waals surface area contributed by atoms with Crippen LogP contribution in [0.5, 0.6) is 6.01 Å². The van der Waals surface area contributed by atoms with E-state index in [1.54, 1.807) is 6.92 Å². The maximum absolute atomic E-state index is 11.2. The quantitative estimate of drug-likeness (QED) is 0.664. The van der Waals surface area contributed by atoms with E-state index in [2.05, 4.69) is 25.0 Å². The largest absolute Gasteiger partial charge is 0.464 e. The van der Waals surface area contributed by atoms with E-state index >= 15 is 0 Å². The van der Waals surface area contributed by atoms with Crippen LogP contribution < -0.4 is 21.6 Å². The summed E-state index contributed by atoms with van der Waals surface area (Å²) in [5, 5.41) is 2.73. The molecule has 0 unspecified atom stereocenters. The lowest BCUT2D eigenvalue weighted by Gasteiger charge is -2.06. The van der Waals surface area contributed by atoms with Gasteiger partial charge in [0.05, 0.1) is 6.61 Å². The number of hydrogen-bond donors (Lipinski definition) is 2. The number of nitrogens with two attached hydrogens (primary N) is 1. The summed E-state index contributed by atoms with van der Waals surface area (Å²) in [6, 6.07) is 0.0805. The molecule has 0 saturated carbocycles. The van der Waals surface area contributed by atoms with E-state index < -0.39 is 11.1 Å². The number of nitrogens with zero attached hydrogens (tertiary/aromatic N) is 5. The van der Waals surface area contributed by atoms with Gasteiger partial charge in [-0.1, -0.05) is 0 Å². The monoisotopic (exact) mass is 297 g/mol. The molecule has 0 radical (unpaired) electrons. The van der Waals surface area contributed by atoms with Crippen molar-refractivity contribution in [1.29, 1.82) is 0 Å².